The summed E-state index contributed by atoms with van der Waals surface area (Å²) in [5.41, 5.74) is 2.93. The summed E-state index contributed by atoms with van der Waals surface area (Å²) in [6, 6.07) is 1.99. The van der Waals surface area contributed by atoms with Crippen molar-refractivity contribution < 1.29 is 9.53 Å². The summed E-state index contributed by atoms with van der Waals surface area (Å²) < 4.78 is 4.94. The maximum atomic E-state index is 12.1. The van der Waals surface area contributed by atoms with Crippen LogP contribution in [0.3, 0.4) is 0 Å². The molecule has 0 amide bonds. The lowest BCUT2D eigenvalue weighted by Crippen LogP contribution is -2.23. The highest BCUT2D eigenvalue weighted by molar-refractivity contribution is 5.95. The Morgan fingerprint density at radius 2 is 2.05 bits per heavy atom. The number of rotatable bonds is 2. The zero-order valence-corrected chi connectivity index (χ0v) is 11.9. The van der Waals surface area contributed by atoms with E-state index < -0.39 is 0 Å². The lowest BCUT2D eigenvalue weighted by Gasteiger charge is -2.21. The quantitative estimate of drug-likeness (QED) is 0.821. The maximum Gasteiger partial charge on any atom is 0.341 e. The van der Waals surface area contributed by atoms with E-state index in [1.807, 2.05) is 6.07 Å². The number of ether oxygens (including phenoxy) is 1. The Kier molecular flexibility index (Phi) is 3.87. The Labute approximate surface area is 119 Å². The molecule has 0 aliphatic carbocycles. The molecule has 1 fully saturated rings. The van der Waals surface area contributed by atoms with Crippen molar-refractivity contribution in [3.63, 3.8) is 0 Å². The van der Waals surface area contributed by atoms with E-state index in [0.29, 0.717) is 5.56 Å². The number of nitrogens with one attached hydrogen (secondary N) is 1. The molecule has 0 aromatic carbocycles. The van der Waals surface area contributed by atoms with Crippen LogP contribution >= 0.6 is 0 Å². The van der Waals surface area contributed by atoms with E-state index in [9.17, 15) is 4.79 Å². The van der Waals surface area contributed by atoms with E-state index >= 15 is 0 Å². The molecule has 0 unspecified atom stereocenters. The van der Waals surface area contributed by atoms with E-state index in [2.05, 4.69) is 10.2 Å². The second kappa shape index (κ2) is 5.79. The first kappa shape index (κ1) is 13.4. The fourth-order valence-electron chi connectivity index (χ4n) is 3.00. The van der Waals surface area contributed by atoms with E-state index in [1.54, 1.807) is 0 Å². The normalized spacial score (nSPS) is 18.6. The van der Waals surface area contributed by atoms with E-state index in [0.717, 1.165) is 50.5 Å². The number of esters is 1. The van der Waals surface area contributed by atoms with Crippen LogP contribution in [-0.4, -0.2) is 44.2 Å². The van der Waals surface area contributed by atoms with Crippen molar-refractivity contribution in [1.82, 2.24) is 10.3 Å². The molecule has 2 aliphatic heterocycles. The molecule has 3 rings (SSSR count). The second-order valence-electron chi connectivity index (χ2n) is 5.40. The summed E-state index contributed by atoms with van der Waals surface area (Å²) in [5, 5.41) is 3.38. The number of hydrogen-bond donors (Lipinski definition) is 1. The SMILES string of the molecule is COC(=O)c1cc2c(nc1N1CCCC1)CCNCC2. The highest BCUT2D eigenvalue weighted by atomic mass is 16.5. The molecule has 108 valence electrons. The number of carbonyl (C=O) groups is 1. The van der Waals surface area contributed by atoms with E-state index in [1.165, 1.54) is 25.5 Å². The van der Waals surface area contributed by atoms with Crippen molar-refractivity contribution >= 4 is 11.8 Å². The number of carbonyl (C=O) groups excluding carboxylic acids is 1. The van der Waals surface area contributed by atoms with Crippen molar-refractivity contribution in [3.05, 3.63) is 22.9 Å². The van der Waals surface area contributed by atoms with Crippen molar-refractivity contribution in [2.45, 2.75) is 25.7 Å². The summed E-state index contributed by atoms with van der Waals surface area (Å²) in [7, 11) is 1.43. The molecule has 0 saturated carbocycles. The van der Waals surface area contributed by atoms with Gasteiger partial charge in [0.05, 0.1) is 7.11 Å². The maximum absolute atomic E-state index is 12.1. The number of aromatic nitrogens is 1. The third-order valence-corrected chi connectivity index (χ3v) is 4.09. The number of fused-ring (bicyclic) bond motifs is 1. The lowest BCUT2D eigenvalue weighted by molar-refractivity contribution is 0.0601. The first-order valence-corrected chi connectivity index (χ1v) is 7.36. The molecular formula is C15H21N3O2. The second-order valence-corrected chi connectivity index (χ2v) is 5.40. The van der Waals surface area contributed by atoms with Crippen LogP contribution in [0.2, 0.25) is 0 Å². The van der Waals surface area contributed by atoms with Crippen LogP contribution in [0.25, 0.3) is 0 Å². The van der Waals surface area contributed by atoms with Gasteiger partial charge in [-0.2, -0.15) is 0 Å². The van der Waals surface area contributed by atoms with Crippen molar-refractivity contribution in [2.24, 2.45) is 0 Å². The van der Waals surface area contributed by atoms with Crippen molar-refractivity contribution in [2.75, 3.05) is 38.2 Å². The van der Waals surface area contributed by atoms with Gasteiger partial charge in [0, 0.05) is 31.7 Å². The fraction of sp³-hybridized carbons (Fsp3) is 0.600. The van der Waals surface area contributed by atoms with Gasteiger partial charge in [-0.25, -0.2) is 9.78 Å². The Morgan fingerprint density at radius 3 is 2.80 bits per heavy atom. The average molecular weight is 275 g/mol. The zero-order chi connectivity index (χ0) is 13.9. The van der Waals surface area contributed by atoms with Gasteiger partial charge in [0.1, 0.15) is 11.4 Å². The lowest BCUT2D eigenvalue weighted by atomic mass is 10.1. The predicted molar refractivity (Wildman–Crippen MR) is 77.3 cm³/mol. The number of anilines is 1. The molecule has 2 aliphatic rings. The van der Waals surface area contributed by atoms with Crippen LogP contribution in [0.1, 0.15) is 34.5 Å². The largest absolute Gasteiger partial charge is 0.465 e. The molecule has 3 heterocycles. The molecular weight excluding hydrogens is 254 g/mol. The standard InChI is InChI=1S/C15H21N3O2/c1-20-15(19)12-10-11-4-6-16-7-5-13(11)17-14(12)18-8-2-3-9-18/h10,16H,2-9H2,1H3. The van der Waals surface area contributed by atoms with Gasteiger partial charge in [0.2, 0.25) is 0 Å². The van der Waals surface area contributed by atoms with Gasteiger partial charge >= 0.3 is 5.97 Å². The molecule has 0 bridgehead atoms. The fourth-order valence-corrected chi connectivity index (χ4v) is 3.00. The van der Waals surface area contributed by atoms with Crippen LogP contribution < -0.4 is 10.2 Å². The molecule has 0 spiro atoms. The molecule has 1 aromatic rings. The van der Waals surface area contributed by atoms with Crippen molar-refractivity contribution in [3.8, 4) is 0 Å². The van der Waals surface area contributed by atoms with Gasteiger partial charge in [-0.15, -0.1) is 0 Å². The number of methoxy groups -OCH3 is 1. The minimum Gasteiger partial charge on any atom is -0.465 e. The van der Waals surface area contributed by atoms with Crippen LogP contribution in [0.4, 0.5) is 5.82 Å². The van der Waals surface area contributed by atoms with Crippen LogP contribution in [-0.2, 0) is 17.6 Å². The Morgan fingerprint density at radius 1 is 1.30 bits per heavy atom. The number of nitrogens with zero attached hydrogens (tertiary/aromatic N) is 2. The molecule has 0 radical (unpaired) electrons. The summed E-state index contributed by atoms with van der Waals surface area (Å²) in [5.74, 6) is 0.536. The number of pyridine rings is 1. The Balaban J connectivity index is 2.04. The Bertz CT molecular complexity index is 510. The topological polar surface area (TPSA) is 54.5 Å². The van der Waals surface area contributed by atoms with Gasteiger partial charge in [0.15, 0.2) is 0 Å². The molecule has 5 heteroatoms. The van der Waals surface area contributed by atoms with Crippen LogP contribution in [0.5, 0.6) is 0 Å². The summed E-state index contributed by atoms with van der Waals surface area (Å²) in [6.07, 6.45) is 4.19. The highest BCUT2D eigenvalue weighted by Crippen LogP contribution is 2.26. The van der Waals surface area contributed by atoms with E-state index in [4.69, 9.17) is 9.72 Å². The van der Waals surface area contributed by atoms with Gasteiger partial charge in [-0.3, -0.25) is 0 Å². The third kappa shape index (κ3) is 2.50. The smallest absolute Gasteiger partial charge is 0.341 e. The van der Waals surface area contributed by atoms with Gasteiger partial charge in [0.25, 0.3) is 0 Å². The Hall–Kier alpha value is -1.62. The minimum absolute atomic E-state index is 0.278. The molecule has 20 heavy (non-hydrogen) atoms. The van der Waals surface area contributed by atoms with E-state index in [-0.39, 0.29) is 5.97 Å². The van der Waals surface area contributed by atoms with Gasteiger partial charge < -0.3 is 15.0 Å². The third-order valence-electron chi connectivity index (χ3n) is 4.09. The predicted octanol–water partition coefficient (Wildman–Crippen LogP) is 1.16. The monoisotopic (exact) mass is 275 g/mol. The minimum atomic E-state index is -0.278. The van der Waals surface area contributed by atoms with Gasteiger partial charge in [-0.05, 0) is 37.4 Å². The molecule has 1 saturated heterocycles. The zero-order valence-electron chi connectivity index (χ0n) is 11.9. The first-order valence-electron chi connectivity index (χ1n) is 7.36. The molecule has 1 aromatic heterocycles. The molecule has 0 atom stereocenters. The average Bonchev–Trinajstić information content (AvgIpc) is 2.91. The first-order chi connectivity index (χ1) is 9.79. The molecule has 5 nitrogen and oxygen atoms in total. The van der Waals surface area contributed by atoms with Gasteiger partial charge in [-0.1, -0.05) is 0 Å². The van der Waals surface area contributed by atoms with Crippen molar-refractivity contribution in [1.29, 1.82) is 0 Å². The molecule has 1 N–H and O–H groups in total. The summed E-state index contributed by atoms with van der Waals surface area (Å²) >= 11 is 0. The number of hydrogen-bond acceptors (Lipinski definition) is 5. The van der Waals surface area contributed by atoms with Crippen LogP contribution in [0, 0.1) is 0 Å². The summed E-state index contributed by atoms with van der Waals surface area (Å²) in [6.45, 7) is 3.86. The summed E-state index contributed by atoms with van der Waals surface area (Å²) in [4.78, 5) is 19.1. The highest BCUT2D eigenvalue weighted by Gasteiger charge is 2.24. The van der Waals surface area contributed by atoms with Crippen LogP contribution in [0.15, 0.2) is 6.07 Å².